The average Bonchev–Trinajstić information content (AvgIpc) is 3.05. The Balaban J connectivity index is 1.81. The lowest BCUT2D eigenvalue weighted by Crippen LogP contribution is -2.40. The third-order valence-electron chi connectivity index (χ3n) is 4.61. The number of carbonyl (C=O) groups excluding carboxylic acids is 1. The molecule has 1 fully saturated rings. The fourth-order valence-corrected chi connectivity index (χ4v) is 3.27. The highest BCUT2D eigenvalue weighted by atomic mass is 16.6. The van der Waals surface area contributed by atoms with Gasteiger partial charge in [-0.05, 0) is 35.7 Å². The van der Waals surface area contributed by atoms with Gasteiger partial charge in [0.25, 0.3) is 5.91 Å². The molecule has 5 heteroatoms. The molecular weight excluding hydrogens is 314 g/mol. The summed E-state index contributed by atoms with van der Waals surface area (Å²) in [7, 11) is 1.51. The van der Waals surface area contributed by atoms with Crippen molar-refractivity contribution in [1.29, 1.82) is 0 Å². The van der Waals surface area contributed by atoms with E-state index >= 15 is 0 Å². The summed E-state index contributed by atoms with van der Waals surface area (Å²) >= 11 is 0. The largest absolute Gasteiger partial charge is 0.399 e. The van der Waals surface area contributed by atoms with Gasteiger partial charge in [-0.3, -0.25) is 4.79 Å². The Bertz CT molecular complexity index is 784. The third kappa shape index (κ3) is 3.56. The molecule has 0 saturated carbocycles. The van der Waals surface area contributed by atoms with Crippen LogP contribution in [0.4, 0.5) is 0 Å². The number of benzene rings is 2. The molecule has 1 atom stereocenters. The molecule has 1 saturated heterocycles. The number of rotatable bonds is 4. The lowest BCUT2D eigenvalue weighted by Gasteiger charge is -2.22. The molecule has 5 nitrogen and oxygen atoms in total. The minimum Gasteiger partial charge on any atom is -0.399 e. The molecule has 0 aromatic heterocycles. The van der Waals surface area contributed by atoms with E-state index in [1.165, 1.54) is 18.2 Å². The summed E-state index contributed by atoms with van der Waals surface area (Å²) in [5.74, 6) is -0.0203. The summed E-state index contributed by atoms with van der Waals surface area (Å²) in [5.41, 5.74) is 10.8. The fraction of sp³-hybridized carbons (Fsp3) is 0.300. The lowest BCUT2D eigenvalue weighted by molar-refractivity contribution is 0.0745. The zero-order valence-electron chi connectivity index (χ0n) is 14.6. The van der Waals surface area contributed by atoms with E-state index in [4.69, 9.17) is 10.6 Å². The van der Waals surface area contributed by atoms with Crippen molar-refractivity contribution in [3.05, 3.63) is 59.7 Å². The Morgan fingerprint density at radius 3 is 2.60 bits per heavy atom. The van der Waals surface area contributed by atoms with Gasteiger partial charge in [0, 0.05) is 18.5 Å². The molecule has 2 aromatic rings. The topological polar surface area (TPSA) is 67.9 Å². The smallest absolute Gasteiger partial charge is 0.254 e. The number of carbonyl (C=O) groups is 1. The third-order valence-corrected chi connectivity index (χ3v) is 4.61. The molecule has 1 amide bonds. The standard InChI is InChI=1S/C20H23N3O2/c1-14-5-3-4-6-19(14)15-7-9-16(10-8-15)20(24)23-13-17(22-25-2)11-18(23)12-21/h3-10,18H,11-13,21H2,1-2H3. The van der Waals surface area contributed by atoms with Gasteiger partial charge in [-0.15, -0.1) is 0 Å². The Kier molecular flexibility index (Phi) is 5.14. The molecule has 0 aliphatic carbocycles. The molecule has 2 aromatic carbocycles. The van der Waals surface area contributed by atoms with Gasteiger partial charge in [-0.1, -0.05) is 41.6 Å². The van der Waals surface area contributed by atoms with Crippen LogP contribution in [0.2, 0.25) is 0 Å². The van der Waals surface area contributed by atoms with E-state index in [-0.39, 0.29) is 11.9 Å². The van der Waals surface area contributed by atoms with Crippen molar-refractivity contribution in [3.8, 4) is 11.1 Å². The van der Waals surface area contributed by atoms with Gasteiger partial charge in [-0.2, -0.15) is 0 Å². The van der Waals surface area contributed by atoms with Gasteiger partial charge in [0.15, 0.2) is 0 Å². The summed E-state index contributed by atoms with van der Waals surface area (Å²) in [4.78, 5) is 19.5. The van der Waals surface area contributed by atoms with E-state index in [9.17, 15) is 4.79 Å². The molecule has 1 aliphatic rings. The number of nitrogens with two attached hydrogens (primary N) is 1. The Labute approximate surface area is 148 Å². The van der Waals surface area contributed by atoms with E-state index in [2.05, 4.69) is 24.2 Å². The first-order valence-corrected chi connectivity index (χ1v) is 8.40. The van der Waals surface area contributed by atoms with Crippen molar-refractivity contribution in [2.24, 2.45) is 10.9 Å². The molecular formula is C20H23N3O2. The van der Waals surface area contributed by atoms with Gasteiger partial charge in [-0.25, -0.2) is 0 Å². The van der Waals surface area contributed by atoms with Crippen molar-refractivity contribution in [3.63, 3.8) is 0 Å². The number of aryl methyl sites for hydroxylation is 1. The van der Waals surface area contributed by atoms with Crippen LogP contribution in [-0.2, 0) is 4.84 Å². The molecule has 2 N–H and O–H groups in total. The summed E-state index contributed by atoms with van der Waals surface area (Å²) in [6.07, 6.45) is 0.664. The molecule has 1 unspecified atom stereocenters. The Morgan fingerprint density at radius 1 is 1.24 bits per heavy atom. The lowest BCUT2D eigenvalue weighted by atomic mass is 9.99. The van der Waals surface area contributed by atoms with Crippen LogP contribution >= 0.6 is 0 Å². The molecule has 0 bridgehead atoms. The zero-order chi connectivity index (χ0) is 17.8. The maximum atomic E-state index is 12.9. The molecule has 1 heterocycles. The summed E-state index contributed by atoms with van der Waals surface area (Å²) in [5, 5.41) is 3.98. The number of hydrogen-bond donors (Lipinski definition) is 1. The summed E-state index contributed by atoms with van der Waals surface area (Å²) < 4.78 is 0. The molecule has 1 aliphatic heterocycles. The first kappa shape index (κ1) is 17.2. The van der Waals surface area contributed by atoms with Crippen LogP contribution in [0.3, 0.4) is 0 Å². The number of hydrogen-bond acceptors (Lipinski definition) is 4. The first-order valence-electron chi connectivity index (χ1n) is 8.40. The van der Waals surface area contributed by atoms with Crippen molar-refractivity contribution >= 4 is 11.6 Å². The van der Waals surface area contributed by atoms with Gasteiger partial charge in [0.2, 0.25) is 0 Å². The highest BCUT2D eigenvalue weighted by molar-refractivity contribution is 6.00. The second-order valence-electron chi connectivity index (χ2n) is 6.26. The fourth-order valence-electron chi connectivity index (χ4n) is 3.27. The van der Waals surface area contributed by atoms with Gasteiger partial charge < -0.3 is 15.5 Å². The van der Waals surface area contributed by atoms with Crippen molar-refractivity contribution in [2.75, 3.05) is 20.2 Å². The average molecular weight is 337 g/mol. The van der Waals surface area contributed by atoms with Crippen LogP contribution in [0.25, 0.3) is 11.1 Å². The Morgan fingerprint density at radius 2 is 1.96 bits per heavy atom. The zero-order valence-corrected chi connectivity index (χ0v) is 14.6. The van der Waals surface area contributed by atoms with Crippen molar-refractivity contribution in [1.82, 2.24) is 4.90 Å². The molecule has 25 heavy (non-hydrogen) atoms. The quantitative estimate of drug-likeness (QED) is 0.872. The molecule has 130 valence electrons. The van der Waals surface area contributed by atoms with E-state index < -0.39 is 0 Å². The van der Waals surface area contributed by atoms with Crippen molar-refractivity contribution < 1.29 is 9.63 Å². The molecule has 3 rings (SSSR count). The summed E-state index contributed by atoms with van der Waals surface area (Å²) in [6, 6.07) is 15.9. The number of oxime groups is 1. The summed E-state index contributed by atoms with van der Waals surface area (Å²) in [6.45, 7) is 2.96. The van der Waals surface area contributed by atoms with E-state index in [1.807, 2.05) is 36.4 Å². The Hall–Kier alpha value is -2.66. The monoisotopic (exact) mass is 337 g/mol. The molecule has 0 spiro atoms. The minimum atomic E-state index is -0.0301. The van der Waals surface area contributed by atoms with E-state index in [1.54, 1.807) is 4.90 Å². The minimum absolute atomic E-state index is 0.0203. The first-order chi connectivity index (χ1) is 12.1. The maximum Gasteiger partial charge on any atom is 0.254 e. The second-order valence-corrected chi connectivity index (χ2v) is 6.26. The van der Waals surface area contributed by atoms with Crippen LogP contribution in [0.1, 0.15) is 22.3 Å². The SMILES string of the molecule is CON=C1CC(CN)N(C(=O)c2ccc(-c3ccccc3C)cc2)C1. The van der Waals surface area contributed by atoms with Gasteiger partial charge >= 0.3 is 0 Å². The predicted octanol–water partition coefficient (Wildman–Crippen LogP) is 2.84. The second kappa shape index (κ2) is 7.49. The predicted molar refractivity (Wildman–Crippen MR) is 99.6 cm³/mol. The maximum absolute atomic E-state index is 12.9. The number of amides is 1. The van der Waals surface area contributed by atoms with E-state index in [0.29, 0.717) is 25.1 Å². The van der Waals surface area contributed by atoms with Crippen LogP contribution in [-0.4, -0.2) is 42.8 Å². The number of likely N-dealkylation sites (tertiary alicyclic amines) is 1. The van der Waals surface area contributed by atoms with Crippen LogP contribution in [0, 0.1) is 6.92 Å². The van der Waals surface area contributed by atoms with Crippen LogP contribution in [0.5, 0.6) is 0 Å². The highest BCUT2D eigenvalue weighted by Crippen LogP contribution is 2.24. The highest BCUT2D eigenvalue weighted by Gasteiger charge is 2.32. The van der Waals surface area contributed by atoms with E-state index in [0.717, 1.165) is 11.3 Å². The van der Waals surface area contributed by atoms with Gasteiger partial charge in [0.05, 0.1) is 18.3 Å². The number of nitrogens with zero attached hydrogens (tertiary/aromatic N) is 2. The van der Waals surface area contributed by atoms with Crippen LogP contribution in [0.15, 0.2) is 53.7 Å². The van der Waals surface area contributed by atoms with Crippen LogP contribution < -0.4 is 5.73 Å². The van der Waals surface area contributed by atoms with Crippen molar-refractivity contribution in [2.45, 2.75) is 19.4 Å². The molecule has 0 radical (unpaired) electrons. The normalized spacial score (nSPS) is 18.6. The van der Waals surface area contributed by atoms with Gasteiger partial charge in [0.1, 0.15) is 7.11 Å².